The van der Waals surface area contributed by atoms with Gasteiger partial charge in [0, 0.05) is 31.1 Å². The van der Waals surface area contributed by atoms with Crippen LogP contribution in [0.2, 0.25) is 0 Å². The highest BCUT2D eigenvalue weighted by atomic mass is 32.1. The number of aromatic nitrogens is 1. The zero-order valence-electron chi connectivity index (χ0n) is 29.5. The van der Waals surface area contributed by atoms with E-state index in [4.69, 9.17) is 0 Å². The monoisotopic (exact) mass is 721 g/mol. The van der Waals surface area contributed by atoms with Gasteiger partial charge in [-0.3, -0.25) is 28.8 Å². The van der Waals surface area contributed by atoms with E-state index in [9.17, 15) is 33.2 Å². The van der Waals surface area contributed by atoms with Crippen molar-refractivity contribution in [3.05, 3.63) is 87.1 Å². The Labute approximate surface area is 300 Å². The first-order valence-corrected chi connectivity index (χ1v) is 17.5. The van der Waals surface area contributed by atoms with Crippen LogP contribution in [-0.2, 0) is 25.6 Å². The predicted octanol–water partition coefficient (Wildman–Crippen LogP) is 2.37. The van der Waals surface area contributed by atoms with Gasteiger partial charge >= 0.3 is 0 Å². The third kappa shape index (κ3) is 10.2. The zero-order chi connectivity index (χ0) is 37.4. The summed E-state index contributed by atoms with van der Waals surface area (Å²) in [6.07, 6.45) is 0.317. The molecule has 0 aliphatic carbocycles. The second-order valence-electron chi connectivity index (χ2n) is 13.0. The van der Waals surface area contributed by atoms with Crippen LogP contribution in [0.3, 0.4) is 0 Å². The molecule has 2 heterocycles. The largest absolute Gasteiger partial charge is 0.345 e. The molecule has 0 saturated carbocycles. The number of likely N-dealkylation sites (N-methyl/N-ethyl adjacent to an activating group) is 1. The van der Waals surface area contributed by atoms with Crippen LogP contribution >= 0.6 is 11.3 Å². The van der Waals surface area contributed by atoms with Crippen molar-refractivity contribution in [2.45, 2.75) is 65.2 Å². The number of carbonyl (C=O) groups is 6. The summed E-state index contributed by atoms with van der Waals surface area (Å²) >= 11 is 1.15. The topological polar surface area (TPSA) is 170 Å². The standard InChI is InChI=1S/C36H44FN7O6S/c1-20(2)30-33(48)39-23(5)35(49)43(6)14-15-44(36(50)25-12-13-26(37)21(3)16-25)18-29(45)40-27(17-24-10-8-7-9-11-24)34-41-28(19-51-34)32(47)38-22(4)31(46)42-30/h7-13,16,19-20,22-23,27,30H,14-15,17-18H2,1-6H3,(H,38,47)(H,39,48)(H,40,45)(H,42,46)/t22-,23+,27-,30-/m0/s1. The smallest absolute Gasteiger partial charge is 0.271 e. The van der Waals surface area contributed by atoms with Gasteiger partial charge in [0.15, 0.2) is 0 Å². The summed E-state index contributed by atoms with van der Waals surface area (Å²) in [7, 11) is 1.51. The highest BCUT2D eigenvalue weighted by Gasteiger charge is 2.31. The Hall–Kier alpha value is -5.18. The van der Waals surface area contributed by atoms with E-state index in [2.05, 4.69) is 26.3 Å². The van der Waals surface area contributed by atoms with Gasteiger partial charge in [0.1, 0.15) is 34.6 Å². The van der Waals surface area contributed by atoms with Gasteiger partial charge < -0.3 is 31.1 Å². The van der Waals surface area contributed by atoms with E-state index >= 15 is 0 Å². The average Bonchev–Trinajstić information content (AvgIpc) is 3.59. The van der Waals surface area contributed by atoms with E-state index in [-0.39, 0.29) is 35.8 Å². The number of nitrogens with zero attached hydrogens (tertiary/aromatic N) is 3. The van der Waals surface area contributed by atoms with E-state index in [0.717, 1.165) is 16.9 Å². The molecule has 15 heteroatoms. The lowest BCUT2D eigenvalue weighted by atomic mass is 10.0. The number of halogens is 1. The molecule has 4 N–H and O–H groups in total. The molecule has 0 radical (unpaired) electrons. The van der Waals surface area contributed by atoms with E-state index in [0.29, 0.717) is 11.4 Å². The Kier molecular flexibility index (Phi) is 13.0. The molecule has 4 rings (SSSR count). The minimum atomic E-state index is -1.04. The molecular formula is C36H44FN7O6S. The van der Waals surface area contributed by atoms with Crippen molar-refractivity contribution in [1.29, 1.82) is 0 Å². The summed E-state index contributed by atoms with van der Waals surface area (Å²) in [5.74, 6) is -4.23. The van der Waals surface area contributed by atoms with E-state index in [1.54, 1.807) is 13.8 Å². The third-order valence-corrected chi connectivity index (χ3v) is 9.45. The number of amides is 6. The molecular weight excluding hydrogens is 678 g/mol. The molecule has 4 atom stereocenters. The summed E-state index contributed by atoms with van der Waals surface area (Å²) in [4.78, 5) is 87.5. The lowest BCUT2D eigenvalue weighted by Gasteiger charge is -2.29. The van der Waals surface area contributed by atoms with Crippen molar-refractivity contribution in [3.8, 4) is 0 Å². The Morgan fingerprint density at radius 2 is 1.65 bits per heavy atom. The van der Waals surface area contributed by atoms with Crippen molar-refractivity contribution in [1.82, 2.24) is 36.1 Å². The zero-order valence-corrected chi connectivity index (χ0v) is 30.3. The predicted molar refractivity (Wildman–Crippen MR) is 189 cm³/mol. The molecule has 51 heavy (non-hydrogen) atoms. The summed E-state index contributed by atoms with van der Waals surface area (Å²) in [5.41, 5.74) is 1.33. The fourth-order valence-corrected chi connectivity index (χ4v) is 6.30. The molecule has 0 unspecified atom stereocenters. The maximum absolute atomic E-state index is 14.1. The van der Waals surface area contributed by atoms with Gasteiger partial charge in [-0.05, 0) is 62.4 Å². The summed E-state index contributed by atoms with van der Waals surface area (Å²) in [6, 6.07) is 9.51. The fraction of sp³-hybridized carbons (Fsp3) is 0.417. The fourth-order valence-electron chi connectivity index (χ4n) is 5.45. The lowest BCUT2D eigenvalue weighted by molar-refractivity contribution is -0.136. The van der Waals surface area contributed by atoms with Crippen LogP contribution in [0.4, 0.5) is 4.39 Å². The van der Waals surface area contributed by atoms with E-state index in [1.807, 2.05) is 30.3 Å². The van der Waals surface area contributed by atoms with Gasteiger partial charge in [0.05, 0.1) is 12.6 Å². The second kappa shape index (κ2) is 17.2. The number of aryl methyl sites for hydroxylation is 1. The first kappa shape index (κ1) is 38.6. The van der Waals surface area contributed by atoms with Gasteiger partial charge in [-0.25, -0.2) is 9.37 Å². The minimum Gasteiger partial charge on any atom is -0.345 e. The quantitative estimate of drug-likeness (QED) is 0.321. The van der Waals surface area contributed by atoms with Gasteiger partial charge in [-0.2, -0.15) is 0 Å². The van der Waals surface area contributed by atoms with Crippen molar-refractivity contribution in [2.24, 2.45) is 5.92 Å². The molecule has 1 aliphatic heterocycles. The molecule has 3 aromatic rings. The van der Waals surface area contributed by atoms with Crippen LogP contribution in [-0.4, -0.2) is 95.0 Å². The van der Waals surface area contributed by atoms with Gasteiger partial charge in [0.2, 0.25) is 23.6 Å². The molecule has 6 amide bonds. The molecule has 1 aromatic heterocycles. The van der Waals surface area contributed by atoms with Crippen molar-refractivity contribution < 1.29 is 33.2 Å². The van der Waals surface area contributed by atoms with E-state index in [1.165, 1.54) is 61.2 Å². The molecule has 0 fully saturated rings. The van der Waals surface area contributed by atoms with Crippen LogP contribution in [0.1, 0.15) is 70.7 Å². The Bertz CT molecular complexity index is 1770. The van der Waals surface area contributed by atoms with E-state index < -0.39 is 72.0 Å². The molecule has 272 valence electrons. The number of rotatable bonds is 4. The number of nitrogens with one attached hydrogen (secondary N) is 4. The highest BCUT2D eigenvalue weighted by molar-refractivity contribution is 7.09. The molecule has 13 nitrogen and oxygen atoms in total. The highest BCUT2D eigenvalue weighted by Crippen LogP contribution is 2.23. The van der Waals surface area contributed by atoms with Crippen LogP contribution in [0.25, 0.3) is 0 Å². The van der Waals surface area contributed by atoms with Crippen LogP contribution < -0.4 is 21.3 Å². The third-order valence-electron chi connectivity index (χ3n) is 8.50. The number of carbonyl (C=O) groups excluding carboxylic acids is 6. The first-order valence-electron chi connectivity index (χ1n) is 16.6. The van der Waals surface area contributed by atoms with Crippen molar-refractivity contribution in [2.75, 3.05) is 26.7 Å². The van der Waals surface area contributed by atoms with Gasteiger partial charge in [-0.15, -0.1) is 11.3 Å². The minimum absolute atomic E-state index is 0.00281. The molecule has 0 spiro atoms. The van der Waals surface area contributed by atoms with Gasteiger partial charge in [-0.1, -0.05) is 44.2 Å². The molecule has 2 bridgehead atoms. The summed E-state index contributed by atoms with van der Waals surface area (Å²) in [5, 5.41) is 12.8. The van der Waals surface area contributed by atoms with Crippen molar-refractivity contribution in [3.63, 3.8) is 0 Å². The SMILES string of the molecule is Cc1cc(C(=O)N2CCN(C)C(=O)[C@@H](C)NC(=O)[C@H](C(C)C)NC(=O)[C@H](C)NC(=O)c3csc(n3)[C@H](Cc3ccccc3)NC(=O)C2)ccc1F. The normalized spacial score (nSPS) is 21.7. The Morgan fingerprint density at radius 3 is 2.31 bits per heavy atom. The number of hydrogen-bond acceptors (Lipinski definition) is 8. The lowest BCUT2D eigenvalue weighted by Crippen LogP contribution is -2.57. The molecule has 0 saturated heterocycles. The number of hydrogen-bond donors (Lipinski definition) is 4. The Morgan fingerprint density at radius 1 is 0.941 bits per heavy atom. The van der Waals surface area contributed by atoms with Crippen LogP contribution in [0, 0.1) is 18.7 Å². The van der Waals surface area contributed by atoms with Crippen molar-refractivity contribution >= 4 is 46.8 Å². The molecule has 1 aliphatic rings. The molecule has 2 aromatic carbocycles. The van der Waals surface area contributed by atoms with Gasteiger partial charge in [0.25, 0.3) is 11.8 Å². The Balaban J connectivity index is 1.70. The van der Waals surface area contributed by atoms with Crippen LogP contribution in [0.15, 0.2) is 53.9 Å². The number of benzene rings is 2. The number of fused-ring (bicyclic) bond motifs is 2. The second-order valence-corrected chi connectivity index (χ2v) is 13.9. The van der Waals surface area contributed by atoms with Crippen LogP contribution in [0.5, 0.6) is 0 Å². The maximum Gasteiger partial charge on any atom is 0.271 e. The average molecular weight is 722 g/mol. The summed E-state index contributed by atoms with van der Waals surface area (Å²) < 4.78 is 14.1. The maximum atomic E-state index is 14.1. The first-order chi connectivity index (χ1) is 24.1. The number of thiazole rings is 1. The summed E-state index contributed by atoms with van der Waals surface area (Å²) in [6.45, 7) is 7.50.